The molecule has 0 spiro atoms. The number of hydrogen-bond acceptors (Lipinski definition) is 6. The van der Waals surface area contributed by atoms with Crippen LogP contribution in [0, 0.1) is 0 Å². The van der Waals surface area contributed by atoms with E-state index in [2.05, 4.69) is 17.4 Å². The molecule has 0 atom stereocenters. The topological polar surface area (TPSA) is 81.7 Å². The van der Waals surface area contributed by atoms with E-state index < -0.39 is 11.1 Å². The van der Waals surface area contributed by atoms with Gasteiger partial charge < -0.3 is 9.47 Å². The van der Waals surface area contributed by atoms with Crippen LogP contribution in [0.1, 0.15) is 30.4 Å². The number of esters is 1. The standard InChI is InChI=1S/C22H21NO5S/c1-27-17-12-11-16(14-19-21(25)23-22(26)29-19)13-18(17)28-20(24)10-6-5-9-15-7-3-2-4-8-15/h2-4,7-8,11-14H,5-6,9-10H2,1H3,(H,23,25,26)/b19-14-. The third kappa shape index (κ3) is 5.96. The number of hydrogen-bond donors (Lipinski definition) is 1. The number of benzene rings is 2. The normalized spacial score (nSPS) is 14.7. The maximum absolute atomic E-state index is 12.2. The molecule has 0 aromatic heterocycles. The predicted octanol–water partition coefficient (Wildman–Crippen LogP) is 4.34. The van der Waals surface area contributed by atoms with E-state index in [1.165, 1.54) is 12.7 Å². The number of methoxy groups -OCH3 is 1. The van der Waals surface area contributed by atoms with Crippen molar-refractivity contribution in [2.75, 3.05) is 7.11 Å². The molecular weight excluding hydrogens is 390 g/mol. The highest BCUT2D eigenvalue weighted by molar-refractivity contribution is 8.18. The number of imide groups is 1. The summed E-state index contributed by atoms with van der Waals surface area (Å²) in [5.74, 6) is -0.0777. The second-order valence-corrected chi connectivity index (χ2v) is 7.44. The van der Waals surface area contributed by atoms with Gasteiger partial charge in [0.25, 0.3) is 11.1 Å². The molecule has 0 unspecified atom stereocenters. The molecule has 0 saturated carbocycles. The number of carbonyl (C=O) groups excluding carboxylic acids is 3. The molecule has 0 aliphatic carbocycles. The van der Waals surface area contributed by atoms with Crippen LogP contribution in [-0.4, -0.2) is 24.2 Å². The van der Waals surface area contributed by atoms with Crippen LogP contribution < -0.4 is 14.8 Å². The maximum Gasteiger partial charge on any atom is 0.311 e. The molecule has 3 rings (SSSR count). The molecule has 0 bridgehead atoms. The van der Waals surface area contributed by atoms with Gasteiger partial charge in [0.1, 0.15) is 0 Å². The number of unbranched alkanes of at least 4 members (excludes halogenated alkanes) is 1. The maximum atomic E-state index is 12.2. The largest absolute Gasteiger partial charge is 0.493 e. The minimum absolute atomic E-state index is 0.282. The van der Waals surface area contributed by atoms with Gasteiger partial charge in [0.2, 0.25) is 0 Å². The third-order valence-corrected chi connectivity index (χ3v) is 5.10. The molecule has 1 aliphatic rings. The van der Waals surface area contributed by atoms with Gasteiger partial charge in [-0.2, -0.15) is 0 Å². The summed E-state index contributed by atoms with van der Waals surface area (Å²) in [7, 11) is 1.49. The second-order valence-electron chi connectivity index (χ2n) is 6.43. The van der Waals surface area contributed by atoms with Crippen molar-refractivity contribution >= 4 is 35.0 Å². The molecule has 150 valence electrons. The van der Waals surface area contributed by atoms with Crippen LogP contribution in [-0.2, 0) is 16.0 Å². The van der Waals surface area contributed by atoms with Gasteiger partial charge in [-0.15, -0.1) is 0 Å². The average Bonchev–Trinajstić information content (AvgIpc) is 3.03. The van der Waals surface area contributed by atoms with E-state index >= 15 is 0 Å². The van der Waals surface area contributed by atoms with Crippen LogP contribution in [0.15, 0.2) is 53.4 Å². The smallest absolute Gasteiger partial charge is 0.311 e. The van der Waals surface area contributed by atoms with E-state index in [4.69, 9.17) is 9.47 Å². The van der Waals surface area contributed by atoms with Crippen LogP contribution in [0.2, 0.25) is 0 Å². The summed E-state index contributed by atoms with van der Waals surface area (Å²) in [6.07, 6.45) is 4.40. The Morgan fingerprint density at radius 1 is 1.07 bits per heavy atom. The Kier molecular flexibility index (Phi) is 7.08. The van der Waals surface area contributed by atoms with E-state index in [0.29, 0.717) is 22.6 Å². The molecule has 1 fully saturated rings. The summed E-state index contributed by atoms with van der Waals surface area (Å²) in [5.41, 5.74) is 1.88. The highest BCUT2D eigenvalue weighted by Gasteiger charge is 2.25. The lowest BCUT2D eigenvalue weighted by Crippen LogP contribution is -2.17. The highest BCUT2D eigenvalue weighted by Crippen LogP contribution is 2.31. The fourth-order valence-electron chi connectivity index (χ4n) is 2.85. The van der Waals surface area contributed by atoms with E-state index in [0.717, 1.165) is 31.0 Å². The van der Waals surface area contributed by atoms with Crippen molar-refractivity contribution in [3.63, 3.8) is 0 Å². The summed E-state index contributed by atoms with van der Waals surface area (Å²) in [6.45, 7) is 0. The van der Waals surface area contributed by atoms with E-state index in [1.54, 1.807) is 24.3 Å². The second kappa shape index (κ2) is 9.93. The number of rotatable bonds is 8. The van der Waals surface area contributed by atoms with Gasteiger partial charge in [-0.05, 0) is 60.4 Å². The SMILES string of the molecule is COc1ccc(/C=C2\SC(=O)NC2=O)cc1OC(=O)CCCCc1ccccc1. The van der Waals surface area contributed by atoms with Crippen LogP contribution in [0.3, 0.4) is 0 Å². The number of nitrogens with one attached hydrogen (secondary N) is 1. The van der Waals surface area contributed by atoms with E-state index in [1.807, 2.05) is 18.2 Å². The molecule has 1 aliphatic heterocycles. The molecule has 0 radical (unpaired) electrons. The molecule has 7 heteroatoms. The van der Waals surface area contributed by atoms with Gasteiger partial charge in [-0.1, -0.05) is 36.4 Å². The van der Waals surface area contributed by atoms with E-state index in [9.17, 15) is 14.4 Å². The van der Waals surface area contributed by atoms with Crippen molar-refractivity contribution in [2.24, 2.45) is 0 Å². The molecule has 1 heterocycles. The number of ether oxygens (including phenoxy) is 2. The average molecular weight is 411 g/mol. The first-order valence-corrected chi connectivity index (χ1v) is 10.0. The number of aryl methyl sites for hydroxylation is 1. The lowest BCUT2D eigenvalue weighted by atomic mass is 10.1. The predicted molar refractivity (Wildman–Crippen MR) is 112 cm³/mol. The molecule has 2 aromatic rings. The lowest BCUT2D eigenvalue weighted by Gasteiger charge is -2.10. The minimum atomic E-state index is -0.437. The third-order valence-electron chi connectivity index (χ3n) is 4.29. The van der Waals surface area contributed by atoms with Crippen molar-refractivity contribution in [3.8, 4) is 11.5 Å². The summed E-state index contributed by atoms with van der Waals surface area (Å²) in [6, 6.07) is 15.1. The fourth-order valence-corrected chi connectivity index (χ4v) is 3.53. The van der Waals surface area contributed by atoms with Crippen molar-refractivity contribution in [3.05, 3.63) is 64.6 Å². The Balaban J connectivity index is 1.58. The lowest BCUT2D eigenvalue weighted by molar-refractivity contribution is -0.134. The first-order valence-electron chi connectivity index (χ1n) is 9.22. The first kappa shape index (κ1) is 20.7. The Labute approximate surface area is 173 Å². The van der Waals surface area contributed by atoms with Crippen molar-refractivity contribution in [2.45, 2.75) is 25.7 Å². The van der Waals surface area contributed by atoms with Gasteiger partial charge >= 0.3 is 5.97 Å². The zero-order valence-corrected chi connectivity index (χ0v) is 16.8. The molecule has 1 N–H and O–H groups in total. The highest BCUT2D eigenvalue weighted by atomic mass is 32.2. The van der Waals surface area contributed by atoms with Crippen LogP contribution >= 0.6 is 11.8 Å². The van der Waals surface area contributed by atoms with Gasteiger partial charge in [0, 0.05) is 6.42 Å². The monoisotopic (exact) mass is 411 g/mol. The molecule has 2 amide bonds. The van der Waals surface area contributed by atoms with E-state index in [-0.39, 0.29) is 11.7 Å². The number of carbonyl (C=O) groups is 3. The van der Waals surface area contributed by atoms with Gasteiger partial charge in [0.05, 0.1) is 12.0 Å². The van der Waals surface area contributed by atoms with Crippen molar-refractivity contribution in [1.82, 2.24) is 5.32 Å². The van der Waals surface area contributed by atoms with Crippen LogP contribution in [0.4, 0.5) is 4.79 Å². The van der Waals surface area contributed by atoms with Crippen molar-refractivity contribution in [1.29, 1.82) is 0 Å². The van der Waals surface area contributed by atoms with Gasteiger partial charge in [-0.3, -0.25) is 19.7 Å². The number of thioether (sulfide) groups is 1. The molecule has 2 aromatic carbocycles. The van der Waals surface area contributed by atoms with Crippen LogP contribution in [0.25, 0.3) is 6.08 Å². The van der Waals surface area contributed by atoms with Gasteiger partial charge in [-0.25, -0.2) is 0 Å². The zero-order chi connectivity index (χ0) is 20.6. The zero-order valence-electron chi connectivity index (χ0n) is 16.0. The van der Waals surface area contributed by atoms with Crippen molar-refractivity contribution < 1.29 is 23.9 Å². The first-order chi connectivity index (χ1) is 14.0. The molecule has 29 heavy (non-hydrogen) atoms. The number of amides is 2. The Hall–Kier alpha value is -3.06. The summed E-state index contributed by atoms with van der Waals surface area (Å²) < 4.78 is 10.7. The minimum Gasteiger partial charge on any atom is -0.493 e. The summed E-state index contributed by atoms with van der Waals surface area (Å²) in [4.78, 5) is 35.5. The molecule has 6 nitrogen and oxygen atoms in total. The van der Waals surface area contributed by atoms with Crippen LogP contribution in [0.5, 0.6) is 11.5 Å². The molecule has 1 saturated heterocycles. The molecular formula is C22H21NO5S. The summed E-state index contributed by atoms with van der Waals surface area (Å²) in [5, 5.41) is 1.80. The summed E-state index contributed by atoms with van der Waals surface area (Å²) >= 11 is 0.832. The Bertz CT molecular complexity index is 939. The van der Waals surface area contributed by atoms with Gasteiger partial charge in [0.15, 0.2) is 11.5 Å². The Morgan fingerprint density at radius 2 is 1.86 bits per heavy atom. The quantitative estimate of drug-likeness (QED) is 0.301. The Morgan fingerprint density at radius 3 is 2.55 bits per heavy atom. The fraction of sp³-hybridized carbons (Fsp3) is 0.227.